The smallest absolute Gasteiger partial charge is 0.264 e. The fourth-order valence-corrected chi connectivity index (χ4v) is 4.88. The number of fused-ring (bicyclic) bond motifs is 1. The van der Waals surface area contributed by atoms with Crippen molar-refractivity contribution in [2.24, 2.45) is 0 Å². The van der Waals surface area contributed by atoms with Crippen LogP contribution in [0.15, 0.2) is 48.8 Å². The molecule has 1 amide bonds. The van der Waals surface area contributed by atoms with Crippen LogP contribution in [0.3, 0.4) is 0 Å². The summed E-state index contributed by atoms with van der Waals surface area (Å²) in [7, 11) is 0. The van der Waals surface area contributed by atoms with E-state index >= 15 is 0 Å². The molecule has 30 heavy (non-hydrogen) atoms. The van der Waals surface area contributed by atoms with Gasteiger partial charge in [-0.25, -0.2) is 14.6 Å². The molecule has 1 aromatic carbocycles. The molecule has 0 saturated carbocycles. The second kappa shape index (κ2) is 7.53. The molecule has 152 valence electrons. The zero-order valence-electron chi connectivity index (χ0n) is 16.9. The minimum atomic E-state index is 0.0830. The van der Waals surface area contributed by atoms with E-state index < -0.39 is 0 Å². The highest BCUT2D eigenvalue weighted by Crippen LogP contribution is 2.31. The first-order valence-corrected chi connectivity index (χ1v) is 10.8. The third-order valence-corrected chi connectivity index (χ3v) is 6.53. The minimum absolute atomic E-state index is 0.0830. The number of carbonyl (C=O) groups is 1. The molecule has 0 unspecified atom stereocenters. The standard InChI is InChI=1S/C22H22N6OS/c1-15-4-6-17(7-5-15)28-21-18(16(2)25-28)14-19(30-21)20(29)26-10-12-27(13-11-26)22-23-8-3-9-24-22/h3-9,14H,10-13H2,1-2H3. The lowest BCUT2D eigenvalue weighted by Crippen LogP contribution is -2.49. The fraction of sp³-hybridized carbons (Fsp3) is 0.273. The van der Waals surface area contributed by atoms with Crippen LogP contribution in [-0.4, -0.2) is 56.7 Å². The van der Waals surface area contributed by atoms with Crippen LogP contribution in [0.1, 0.15) is 20.9 Å². The molecule has 0 bridgehead atoms. The first-order chi connectivity index (χ1) is 14.6. The average Bonchev–Trinajstić information content (AvgIpc) is 3.35. The molecule has 4 heterocycles. The third-order valence-electron chi connectivity index (χ3n) is 5.44. The summed E-state index contributed by atoms with van der Waals surface area (Å²) < 4.78 is 1.94. The number of benzene rings is 1. The Morgan fingerprint density at radius 1 is 1.00 bits per heavy atom. The van der Waals surface area contributed by atoms with Crippen LogP contribution in [0.2, 0.25) is 0 Å². The molecule has 7 nitrogen and oxygen atoms in total. The number of aryl methyl sites for hydroxylation is 2. The number of piperazine rings is 1. The second-order valence-electron chi connectivity index (χ2n) is 7.49. The van der Waals surface area contributed by atoms with Crippen molar-refractivity contribution < 1.29 is 4.79 Å². The number of aromatic nitrogens is 4. The van der Waals surface area contributed by atoms with Crippen molar-refractivity contribution in [1.29, 1.82) is 0 Å². The van der Waals surface area contributed by atoms with Crippen LogP contribution in [-0.2, 0) is 0 Å². The topological polar surface area (TPSA) is 67.2 Å². The Morgan fingerprint density at radius 2 is 1.70 bits per heavy atom. The van der Waals surface area contributed by atoms with E-state index in [1.165, 1.54) is 16.9 Å². The van der Waals surface area contributed by atoms with Crippen LogP contribution < -0.4 is 4.90 Å². The molecule has 1 saturated heterocycles. The number of carbonyl (C=O) groups excluding carboxylic acids is 1. The molecule has 0 radical (unpaired) electrons. The maximum absolute atomic E-state index is 13.2. The Balaban J connectivity index is 1.37. The molecule has 0 N–H and O–H groups in total. The van der Waals surface area contributed by atoms with Crippen molar-refractivity contribution in [3.63, 3.8) is 0 Å². The van der Waals surface area contributed by atoms with Crippen molar-refractivity contribution in [2.45, 2.75) is 13.8 Å². The lowest BCUT2D eigenvalue weighted by molar-refractivity contribution is 0.0751. The van der Waals surface area contributed by atoms with Gasteiger partial charge in [0.1, 0.15) is 4.83 Å². The molecule has 5 rings (SSSR count). The zero-order chi connectivity index (χ0) is 20.7. The molecule has 3 aromatic heterocycles. The molecule has 1 aliphatic rings. The zero-order valence-corrected chi connectivity index (χ0v) is 17.8. The number of thiophene rings is 1. The predicted molar refractivity (Wildman–Crippen MR) is 119 cm³/mol. The number of rotatable bonds is 3. The van der Waals surface area contributed by atoms with E-state index in [2.05, 4.69) is 51.2 Å². The SMILES string of the molecule is Cc1ccc(-n2nc(C)c3cc(C(=O)N4CCN(c5ncccn5)CC4)sc32)cc1. The quantitative estimate of drug-likeness (QED) is 0.510. The van der Waals surface area contributed by atoms with E-state index in [1.54, 1.807) is 12.4 Å². The Kier molecular flexibility index (Phi) is 4.71. The summed E-state index contributed by atoms with van der Waals surface area (Å²) in [6.45, 7) is 6.85. The summed E-state index contributed by atoms with van der Waals surface area (Å²) in [4.78, 5) is 27.6. The Morgan fingerprint density at radius 3 is 2.40 bits per heavy atom. The predicted octanol–water partition coefficient (Wildman–Crippen LogP) is 3.46. The maximum Gasteiger partial charge on any atom is 0.264 e. The Hall–Kier alpha value is -3.26. The number of hydrogen-bond donors (Lipinski definition) is 0. The van der Waals surface area contributed by atoms with Gasteiger partial charge in [0.15, 0.2) is 0 Å². The van der Waals surface area contributed by atoms with Crippen LogP contribution in [0, 0.1) is 13.8 Å². The van der Waals surface area contributed by atoms with E-state index in [0.717, 1.165) is 45.5 Å². The van der Waals surface area contributed by atoms with Gasteiger partial charge in [-0.05, 0) is 38.1 Å². The molecule has 1 aliphatic heterocycles. The van der Waals surface area contributed by atoms with Crippen LogP contribution in [0.5, 0.6) is 0 Å². The Bertz CT molecular complexity index is 1190. The van der Waals surface area contributed by atoms with Gasteiger partial charge in [0.2, 0.25) is 5.95 Å². The van der Waals surface area contributed by atoms with Gasteiger partial charge in [-0.15, -0.1) is 11.3 Å². The highest BCUT2D eigenvalue weighted by molar-refractivity contribution is 7.20. The number of amides is 1. The van der Waals surface area contributed by atoms with Gasteiger partial charge in [-0.2, -0.15) is 5.10 Å². The van der Waals surface area contributed by atoms with Gasteiger partial charge >= 0.3 is 0 Å². The van der Waals surface area contributed by atoms with E-state index in [0.29, 0.717) is 13.1 Å². The van der Waals surface area contributed by atoms with Crippen LogP contribution in [0.25, 0.3) is 15.9 Å². The van der Waals surface area contributed by atoms with Gasteiger partial charge in [-0.3, -0.25) is 4.79 Å². The summed E-state index contributed by atoms with van der Waals surface area (Å²) >= 11 is 1.51. The van der Waals surface area contributed by atoms with Gasteiger partial charge in [0.05, 0.1) is 16.3 Å². The van der Waals surface area contributed by atoms with E-state index in [4.69, 9.17) is 0 Å². The summed E-state index contributed by atoms with van der Waals surface area (Å²) in [6.07, 6.45) is 3.49. The van der Waals surface area contributed by atoms with Crippen molar-refractivity contribution in [3.05, 3.63) is 64.9 Å². The van der Waals surface area contributed by atoms with Gasteiger partial charge < -0.3 is 9.80 Å². The number of nitrogens with zero attached hydrogens (tertiary/aromatic N) is 6. The molecule has 0 atom stereocenters. The second-order valence-corrected chi connectivity index (χ2v) is 8.52. The lowest BCUT2D eigenvalue weighted by atomic mass is 10.2. The molecule has 8 heteroatoms. The normalized spacial score (nSPS) is 14.5. The molecular formula is C22H22N6OS. The minimum Gasteiger partial charge on any atom is -0.337 e. The molecule has 1 fully saturated rings. The van der Waals surface area contributed by atoms with Crippen molar-refractivity contribution in [1.82, 2.24) is 24.6 Å². The van der Waals surface area contributed by atoms with Crippen molar-refractivity contribution in [2.75, 3.05) is 31.1 Å². The largest absolute Gasteiger partial charge is 0.337 e. The number of hydrogen-bond acceptors (Lipinski definition) is 6. The first-order valence-electron chi connectivity index (χ1n) is 9.97. The average molecular weight is 419 g/mol. The van der Waals surface area contributed by atoms with Crippen LogP contribution in [0.4, 0.5) is 5.95 Å². The molecular weight excluding hydrogens is 396 g/mol. The van der Waals surface area contributed by atoms with E-state index in [9.17, 15) is 4.79 Å². The third kappa shape index (κ3) is 3.33. The van der Waals surface area contributed by atoms with Crippen LogP contribution >= 0.6 is 11.3 Å². The fourth-order valence-electron chi connectivity index (χ4n) is 3.73. The van der Waals surface area contributed by atoms with Gasteiger partial charge in [-0.1, -0.05) is 17.7 Å². The molecule has 4 aromatic rings. The van der Waals surface area contributed by atoms with Gasteiger partial charge in [0, 0.05) is 44.0 Å². The molecule has 0 spiro atoms. The van der Waals surface area contributed by atoms with Crippen molar-refractivity contribution in [3.8, 4) is 5.69 Å². The summed E-state index contributed by atoms with van der Waals surface area (Å²) in [5, 5.41) is 5.73. The summed E-state index contributed by atoms with van der Waals surface area (Å²) in [6, 6.07) is 12.1. The first kappa shape index (κ1) is 18.7. The van der Waals surface area contributed by atoms with E-state index in [-0.39, 0.29) is 5.91 Å². The number of anilines is 1. The molecule has 0 aliphatic carbocycles. The Labute approximate surface area is 178 Å². The summed E-state index contributed by atoms with van der Waals surface area (Å²) in [5.41, 5.74) is 3.16. The lowest BCUT2D eigenvalue weighted by Gasteiger charge is -2.34. The summed E-state index contributed by atoms with van der Waals surface area (Å²) in [5.74, 6) is 0.806. The highest BCUT2D eigenvalue weighted by Gasteiger charge is 2.25. The van der Waals surface area contributed by atoms with E-state index in [1.807, 2.05) is 28.6 Å². The maximum atomic E-state index is 13.2. The van der Waals surface area contributed by atoms with Gasteiger partial charge in [0.25, 0.3) is 5.91 Å². The van der Waals surface area contributed by atoms with Crippen molar-refractivity contribution >= 4 is 33.4 Å². The monoisotopic (exact) mass is 418 g/mol. The highest BCUT2D eigenvalue weighted by atomic mass is 32.1.